The molecule has 0 unspecified atom stereocenters. The van der Waals surface area contributed by atoms with Crippen molar-refractivity contribution < 1.29 is 4.74 Å². The zero-order valence-electron chi connectivity index (χ0n) is 9.33. The van der Waals surface area contributed by atoms with E-state index in [4.69, 9.17) is 10.5 Å². The third-order valence-electron chi connectivity index (χ3n) is 3.38. The number of nitrogens with two attached hydrogens (primary N) is 1. The van der Waals surface area contributed by atoms with Gasteiger partial charge in [0.25, 0.3) is 0 Å². The molecule has 0 saturated heterocycles. The molecule has 1 aliphatic rings. The molecule has 1 aromatic rings. The van der Waals surface area contributed by atoms with Gasteiger partial charge < -0.3 is 10.5 Å². The smallest absolute Gasteiger partial charge is 0.119 e. The summed E-state index contributed by atoms with van der Waals surface area (Å²) >= 11 is 0. The Bertz CT molecular complexity index is 326. The SMILES string of the molecule is Cc1cccc(OCC2(CN)CCC2)c1. The highest BCUT2D eigenvalue weighted by Crippen LogP contribution is 2.40. The van der Waals surface area contributed by atoms with Crippen molar-refractivity contribution in [2.75, 3.05) is 13.2 Å². The Kier molecular flexibility index (Phi) is 2.96. The summed E-state index contributed by atoms with van der Waals surface area (Å²) < 4.78 is 5.80. The minimum Gasteiger partial charge on any atom is -0.493 e. The van der Waals surface area contributed by atoms with E-state index in [1.54, 1.807) is 0 Å². The molecule has 1 fully saturated rings. The first kappa shape index (κ1) is 10.5. The maximum absolute atomic E-state index is 5.80. The van der Waals surface area contributed by atoms with Gasteiger partial charge >= 0.3 is 0 Å². The van der Waals surface area contributed by atoms with E-state index in [1.807, 2.05) is 12.1 Å². The van der Waals surface area contributed by atoms with Crippen LogP contribution in [0.5, 0.6) is 5.75 Å². The zero-order chi connectivity index (χ0) is 10.7. The molecule has 15 heavy (non-hydrogen) atoms. The maximum atomic E-state index is 5.80. The Labute approximate surface area is 91.4 Å². The van der Waals surface area contributed by atoms with Gasteiger partial charge in [-0.3, -0.25) is 0 Å². The van der Waals surface area contributed by atoms with Gasteiger partial charge in [-0.15, -0.1) is 0 Å². The standard InChI is InChI=1S/C13H19NO/c1-11-4-2-5-12(8-11)15-10-13(9-14)6-3-7-13/h2,4-5,8H,3,6-7,9-10,14H2,1H3. The van der Waals surface area contributed by atoms with Crippen LogP contribution in [0, 0.1) is 12.3 Å². The predicted molar refractivity (Wildman–Crippen MR) is 62.0 cm³/mol. The number of benzene rings is 1. The predicted octanol–water partition coefficient (Wildman–Crippen LogP) is 2.50. The van der Waals surface area contributed by atoms with E-state index >= 15 is 0 Å². The van der Waals surface area contributed by atoms with Gasteiger partial charge in [0.1, 0.15) is 5.75 Å². The van der Waals surface area contributed by atoms with Gasteiger partial charge in [-0.25, -0.2) is 0 Å². The van der Waals surface area contributed by atoms with Gasteiger partial charge in [-0.05, 0) is 37.5 Å². The number of aryl methyl sites for hydroxylation is 1. The topological polar surface area (TPSA) is 35.2 Å². The summed E-state index contributed by atoms with van der Waals surface area (Å²) in [6.07, 6.45) is 3.74. The normalized spacial score (nSPS) is 18.3. The van der Waals surface area contributed by atoms with Crippen LogP contribution in [-0.4, -0.2) is 13.2 Å². The first-order valence-corrected chi connectivity index (χ1v) is 5.64. The van der Waals surface area contributed by atoms with Gasteiger partial charge in [0.2, 0.25) is 0 Å². The summed E-state index contributed by atoms with van der Waals surface area (Å²) in [5.41, 5.74) is 7.29. The van der Waals surface area contributed by atoms with Crippen LogP contribution in [0.1, 0.15) is 24.8 Å². The van der Waals surface area contributed by atoms with Crippen molar-refractivity contribution in [3.05, 3.63) is 29.8 Å². The van der Waals surface area contributed by atoms with Crippen molar-refractivity contribution in [2.45, 2.75) is 26.2 Å². The Hall–Kier alpha value is -1.02. The lowest BCUT2D eigenvalue weighted by atomic mass is 9.69. The Balaban J connectivity index is 1.92. The highest BCUT2D eigenvalue weighted by atomic mass is 16.5. The second kappa shape index (κ2) is 4.23. The van der Waals surface area contributed by atoms with E-state index in [0.29, 0.717) is 0 Å². The molecule has 1 saturated carbocycles. The average Bonchev–Trinajstić information content (AvgIpc) is 2.17. The van der Waals surface area contributed by atoms with Gasteiger partial charge in [-0.1, -0.05) is 18.6 Å². The number of hydrogen-bond acceptors (Lipinski definition) is 2. The molecule has 0 aromatic heterocycles. The molecule has 2 rings (SSSR count). The van der Waals surface area contributed by atoms with Crippen molar-refractivity contribution in [3.63, 3.8) is 0 Å². The lowest BCUT2D eigenvalue weighted by Gasteiger charge is -2.40. The van der Waals surface area contributed by atoms with Crippen molar-refractivity contribution in [3.8, 4) is 5.75 Å². The van der Waals surface area contributed by atoms with Crippen LogP contribution in [0.3, 0.4) is 0 Å². The molecular weight excluding hydrogens is 186 g/mol. The third kappa shape index (κ3) is 2.32. The van der Waals surface area contributed by atoms with Gasteiger partial charge in [0.05, 0.1) is 6.61 Å². The van der Waals surface area contributed by atoms with Crippen LogP contribution in [0.4, 0.5) is 0 Å². The minimum absolute atomic E-state index is 0.268. The molecule has 1 aromatic carbocycles. The Morgan fingerprint density at radius 1 is 1.40 bits per heavy atom. The van der Waals surface area contributed by atoms with Crippen molar-refractivity contribution in [2.24, 2.45) is 11.1 Å². The number of ether oxygens (including phenoxy) is 1. The molecule has 1 aliphatic carbocycles. The monoisotopic (exact) mass is 205 g/mol. The average molecular weight is 205 g/mol. The highest BCUT2D eigenvalue weighted by Gasteiger charge is 2.36. The van der Waals surface area contributed by atoms with Crippen LogP contribution < -0.4 is 10.5 Å². The lowest BCUT2D eigenvalue weighted by Crippen LogP contribution is -2.42. The molecule has 0 atom stereocenters. The van der Waals surface area contributed by atoms with E-state index in [2.05, 4.69) is 19.1 Å². The van der Waals surface area contributed by atoms with Crippen LogP contribution in [0.2, 0.25) is 0 Å². The minimum atomic E-state index is 0.268. The molecule has 0 heterocycles. The molecule has 0 amide bonds. The second-order valence-corrected chi connectivity index (χ2v) is 4.66. The zero-order valence-corrected chi connectivity index (χ0v) is 9.33. The van der Waals surface area contributed by atoms with E-state index < -0.39 is 0 Å². The fourth-order valence-corrected chi connectivity index (χ4v) is 2.03. The molecular formula is C13H19NO. The fraction of sp³-hybridized carbons (Fsp3) is 0.538. The van der Waals surface area contributed by atoms with Crippen molar-refractivity contribution in [1.82, 2.24) is 0 Å². The maximum Gasteiger partial charge on any atom is 0.119 e. The van der Waals surface area contributed by atoms with Gasteiger partial charge in [-0.2, -0.15) is 0 Å². The molecule has 0 radical (unpaired) electrons. The lowest BCUT2D eigenvalue weighted by molar-refractivity contribution is 0.0667. The summed E-state index contributed by atoms with van der Waals surface area (Å²) in [4.78, 5) is 0. The van der Waals surface area contributed by atoms with E-state index in [1.165, 1.54) is 24.8 Å². The molecule has 0 spiro atoms. The molecule has 0 bridgehead atoms. The molecule has 2 N–H and O–H groups in total. The van der Waals surface area contributed by atoms with E-state index in [0.717, 1.165) is 18.9 Å². The van der Waals surface area contributed by atoms with Crippen LogP contribution in [-0.2, 0) is 0 Å². The van der Waals surface area contributed by atoms with E-state index in [-0.39, 0.29) is 5.41 Å². The molecule has 2 heteroatoms. The van der Waals surface area contributed by atoms with Crippen molar-refractivity contribution in [1.29, 1.82) is 0 Å². The molecule has 2 nitrogen and oxygen atoms in total. The first-order valence-electron chi connectivity index (χ1n) is 5.64. The number of hydrogen-bond donors (Lipinski definition) is 1. The quantitative estimate of drug-likeness (QED) is 0.819. The molecule has 82 valence electrons. The largest absolute Gasteiger partial charge is 0.493 e. The highest BCUT2D eigenvalue weighted by molar-refractivity contribution is 5.27. The Morgan fingerprint density at radius 2 is 2.20 bits per heavy atom. The first-order chi connectivity index (χ1) is 7.24. The van der Waals surface area contributed by atoms with Crippen LogP contribution in [0.25, 0.3) is 0 Å². The molecule has 0 aliphatic heterocycles. The van der Waals surface area contributed by atoms with E-state index in [9.17, 15) is 0 Å². The van der Waals surface area contributed by atoms with Crippen molar-refractivity contribution >= 4 is 0 Å². The second-order valence-electron chi connectivity index (χ2n) is 4.66. The Morgan fingerprint density at radius 3 is 2.73 bits per heavy atom. The summed E-state index contributed by atoms with van der Waals surface area (Å²) in [5.74, 6) is 0.967. The van der Waals surface area contributed by atoms with Gasteiger partial charge in [0.15, 0.2) is 0 Å². The summed E-state index contributed by atoms with van der Waals surface area (Å²) in [6.45, 7) is 3.60. The fourth-order valence-electron chi connectivity index (χ4n) is 2.03. The van der Waals surface area contributed by atoms with Crippen LogP contribution in [0.15, 0.2) is 24.3 Å². The van der Waals surface area contributed by atoms with Gasteiger partial charge in [0, 0.05) is 12.0 Å². The van der Waals surface area contributed by atoms with Crippen LogP contribution >= 0.6 is 0 Å². The summed E-state index contributed by atoms with van der Waals surface area (Å²) in [7, 11) is 0. The number of rotatable bonds is 4. The summed E-state index contributed by atoms with van der Waals surface area (Å²) in [5, 5.41) is 0. The third-order valence-corrected chi connectivity index (χ3v) is 3.38. The summed E-state index contributed by atoms with van der Waals surface area (Å²) in [6, 6.07) is 8.19.